The lowest BCUT2D eigenvalue weighted by Crippen LogP contribution is -2.48. The molecule has 1 aliphatic heterocycles. The number of benzene rings is 2. The zero-order chi connectivity index (χ0) is 20.9. The SMILES string of the molecule is O=C(COc1ccc(Cl)cc1)NCCN1CCN(c2nc3ccc(F)cc3s2)CC1. The van der Waals surface area contributed by atoms with Crippen LogP contribution in [-0.2, 0) is 4.79 Å². The van der Waals surface area contributed by atoms with Crippen molar-refractivity contribution in [2.45, 2.75) is 0 Å². The fraction of sp³-hybridized carbons (Fsp3) is 0.333. The second kappa shape index (κ2) is 9.59. The molecule has 6 nitrogen and oxygen atoms in total. The molecule has 158 valence electrons. The largest absolute Gasteiger partial charge is 0.484 e. The van der Waals surface area contributed by atoms with Crippen LogP contribution in [-0.4, -0.2) is 61.7 Å². The second-order valence-electron chi connectivity index (χ2n) is 7.03. The number of nitrogens with zero attached hydrogens (tertiary/aromatic N) is 3. The number of fused-ring (bicyclic) bond motifs is 1. The molecule has 1 fully saturated rings. The van der Waals surface area contributed by atoms with Crippen LogP contribution in [0.1, 0.15) is 0 Å². The first kappa shape index (κ1) is 20.8. The minimum absolute atomic E-state index is 0.0202. The molecule has 0 spiro atoms. The molecule has 1 N–H and O–H groups in total. The number of hydrogen-bond acceptors (Lipinski definition) is 6. The number of carbonyl (C=O) groups excluding carboxylic acids is 1. The molecule has 0 radical (unpaired) electrons. The Bertz CT molecular complexity index is 1010. The van der Waals surface area contributed by atoms with Crippen LogP contribution < -0.4 is 15.0 Å². The Labute approximate surface area is 183 Å². The average Bonchev–Trinajstić information content (AvgIpc) is 3.17. The highest BCUT2D eigenvalue weighted by Crippen LogP contribution is 2.29. The molecule has 2 aromatic carbocycles. The van der Waals surface area contributed by atoms with Crippen molar-refractivity contribution in [3.05, 3.63) is 53.3 Å². The Balaban J connectivity index is 1.16. The molecule has 0 aliphatic carbocycles. The maximum Gasteiger partial charge on any atom is 0.257 e. The minimum atomic E-state index is -0.233. The summed E-state index contributed by atoms with van der Waals surface area (Å²) in [7, 11) is 0. The van der Waals surface area contributed by atoms with Gasteiger partial charge in [0.1, 0.15) is 11.6 Å². The van der Waals surface area contributed by atoms with Gasteiger partial charge in [-0.2, -0.15) is 0 Å². The van der Waals surface area contributed by atoms with Gasteiger partial charge in [-0.05, 0) is 42.5 Å². The monoisotopic (exact) mass is 448 g/mol. The van der Waals surface area contributed by atoms with E-state index >= 15 is 0 Å². The summed E-state index contributed by atoms with van der Waals surface area (Å²) in [6, 6.07) is 11.6. The number of ether oxygens (including phenoxy) is 1. The van der Waals surface area contributed by atoms with Gasteiger partial charge in [-0.15, -0.1) is 0 Å². The molecular weight excluding hydrogens is 427 g/mol. The highest BCUT2D eigenvalue weighted by atomic mass is 35.5. The van der Waals surface area contributed by atoms with Gasteiger partial charge in [0, 0.05) is 44.3 Å². The third kappa shape index (κ3) is 5.38. The van der Waals surface area contributed by atoms with E-state index in [0.29, 0.717) is 17.3 Å². The lowest BCUT2D eigenvalue weighted by molar-refractivity contribution is -0.123. The molecule has 2 heterocycles. The van der Waals surface area contributed by atoms with E-state index in [-0.39, 0.29) is 18.3 Å². The van der Waals surface area contributed by atoms with Crippen molar-refractivity contribution in [2.24, 2.45) is 0 Å². The zero-order valence-corrected chi connectivity index (χ0v) is 17.9. The number of rotatable bonds is 7. The molecule has 1 saturated heterocycles. The fourth-order valence-corrected chi connectivity index (χ4v) is 4.44. The van der Waals surface area contributed by atoms with E-state index in [9.17, 15) is 9.18 Å². The number of nitrogens with one attached hydrogen (secondary N) is 1. The van der Waals surface area contributed by atoms with Crippen molar-refractivity contribution in [1.29, 1.82) is 0 Å². The van der Waals surface area contributed by atoms with E-state index in [1.54, 1.807) is 30.3 Å². The summed E-state index contributed by atoms with van der Waals surface area (Å²) in [5, 5.41) is 4.45. The summed E-state index contributed by atoms with van der Waals surface area (Å²) in [6.45, 7) is 4.83. The number of amides is 1. The van der Waals surface area contributed by atoms with Crippen LogP contribution in [0.5, 0.6) is 5.75 Å². The first-order valence-electron chi connectivity index (χ1n) is 9.75. The van der Waals surface area contributed by atoms with E-state index in [4.69, 9.17) is 16.3 Å². The molecule has 0 atom stereocenters. The lowest BCUT2D eigenvalue weighted by Gasteiger charge is -2.34. The third-order valence-corrected chi connectivity index (χ3v) is 6.25. The van der Waals surface area contributed by atoms with Crippen molar-refractivity contribution in [3.63, 3.8) is 0 Å². The van der Waals surface area contributed by atoms with Crippen LogP contribution in [0.2, 0.25) is 5.02 Å². The molecule has 4 rings (SSSR count). The third-order valence-electron chi connectivity index (χ3n) is 4.92. The Morgan fingerprint density at radius 1 is 1.17 bits per heavy atom. The molecule has 30 heavy (non-hydrogen) atoms. The van der Waals surface area contributed by atoms with E-state index in [2.05, 4.69) is 20.1 Å². The predicted octanol–water partition coefficient (Wildman–Crippen LogP) is 3.41. The predicted molar refractivity (Wildman–Crippen MR) is 118 cm³/mol. The molecule has 1 aliphatic rings. The number of anilines is 1. The highest BCUT2D eigenvalue weighted by Gasteiger charge is 2.20. The van der Waals surface area contributed by atoms with Gasteiger partial charge in [0.25, 0.3) is 5.91 Å². The van der Waals surface area contributed by atoms with Gasteiger partial charge in [-0.25, -0.2) is 9.37 Å². The Hall–Kier alpha value is -2.42. The number of hydrogen-bond donors (Lipinski definition) is 1. The smallest absolute Gasteiger partial charge is 0.257 e. The summed E-state index contributed by atoms with van der Waals surface area (Å²) in [4.78, 5) is 21.1. The average molecular weight is 449 g/mol. The van der Waals surface area contributed by atoms with Crippen LogP contribution in [0.25, 0.3) is 10.2 Å². The van der Waals surface area contributed by atoms with Gasteiger partial charge in [0.2, 0.25) is 0 Å². The van der Waals surface area contributed by atoms with Crippen molar-refractivity contribution in [1.82, 2.24) is 15.2 Å². The number of piperazine rings is 1. The van der Waals surface area contributed by atoms with Crippen LogP contribution in [0.3, 0.4) is 0 Å². The summed E-state index contributed by atoms with van der Waals surface area (Å²) >= 11 is 7.35. The summed E-state index contributed by atoms with van der Waals surface area (Å²) in [6.07, 6.45) is 0. The highest BCUT2D eigenvalue weighted by molar-refractivity contribution is 7.22. The molecule has 0 unspecified atom stereocenters. The van der Waals surface area contributed by atoms with E-state index in [1.807, 2.05) is 0 Å². The van der Waals surface area contributed by atoms with Crippen molar-refractivity contribution < 1.29 is 13.9 Å². The van der Waals surface area contributed by atoms with Crippen LogP contribution in [0.15, 0.2) is 42.5 Å². The van der Waals surface area contributed by atoms with Crippen molar-refractivity contribution in [2.75, 3.05) is 50.8 Å². The molecule has 1 amide bonds. The first-order chi connectivity index (χ1) is 14.6. The number of halogens is 2. The van der Waals surface area contributed by atoms with E-state index < -0.39 is 0 Å². The molecule has 3 aromatic rings. The maximum atomic E-state index is 13.4. The van der Waals surface area contributed by atoms with Gasteiger partial charge >= 0.3 is 0 Å². The van der Waals surface area contributed by atoms with Gasteiger partial charge in [-0.1, -0.05) is 22.9 Å². The Kier molecular flexibility index (Phi) is 6.66. The summed E-state index contributed by atoms with van der Waals surface area (Å²) < 4.78 is 19.7. The Morgan fingerprint density at radius 2 is 1.93 bits per heavy atom. The van der Waals surface area contributed by atoms with Gasteiger partial charge in [0.05, 0.1) is 10.2 Å². The van der Waals surface area contributed by atoms with Crippen molar-refractivity contribution >= 4 is 44.2 Å². The number of carbonyl (C=O) groups is 1. The van der Waals surface area contributed by atoms with Crippen LogP contribution in [0, 0.1) is 5.82 Å². The van der Waals surface area contributed by atoms with Crippen LogP contribution >= 0.6 is 22.9 Å². The van der Waals surface area contributed by atoms with Crippen molar-refractivity contribution in [3.8, 4) is 5.75 Å². The molecular formula is C21H22ClFN4O2S. The molecule has 0 saturated carbocycles. The van der Waals surface area contributed by atoms with E-state index in [1.165, 1.54) is 23.5 Å². The topological polar surface area (TPSA) is 57.7 Å². The number of thiazole rings is 1. The second-order valence-corrected chi connectivity index (χ2v) is 8.48. The maximum absolute atomic E-state index is 13.4. The quantitative estimate of drug-likeness (QED) is 0.600. The zero-order valence-electron chi connectivity index (χ0n) is 16.3. The van der Waals surface area contributed by atoms with Gasteiger partial charge in [0.15, 0.2) is 11.7 Å². The molecule has 1 aromatic heterocycles. The standard InChI is InChI=1S/C21H22ClFN4O2S/c22-15-1-4-17(5-2-15)29-14-20(28)24-7-8-26-9-11-27(12-10-26)21-25-18-6-3-16(23)13-19(18)30-21/h1-6,13H,7-12,14H2,(H,24,28). The summed E-state index contributed by atoms with van der Waals surface area (Å²) in [5.41, 5.74) is 0.836. The molecule has 0 bridgehead atoms. The normalized spacial score (nSPS) is 14.8. The molecule has 9 heteroatoms. The lowest BCUT2D eigenvalue weighted by atomic mass is 10.3. The van der Waals surface area contributed by atoms with E-state index in [0.717, 1.165) is 48.1 Å². The number of aromatic nitrogens is 1. The van der Waals surface area contributed by atoms with Crippen LogP contribution in [0.4, 0.5) is 9.52 Å². The fourth-order valence-electron chi connectivity index (χ4n) is 3.27. The first-order valence-corrected chi connectivity index (χ1v) is 10.9. The summed E-state index contributed by atoms with van der Waals surface area (Å²) in [5.74, 6) is 0.233. The van der Waals surface area contributed by atoms with Gasteiger partial charge in [-0.3, -0.25) is 9.69 Å². The van der Waals surface area contributed by atoms with Gasteiger partial charge < -0.3 is 15.0 Å². The minimum Gasteiger partial charge on any atom is -0.484 e. The Morgan fingerprint density at radius 3 is 2.70 bits per heavy atom.